The molecule has 2 unspecified atom stereocenters. The van der Waals surface area contributed by atoms with Crippen molar-refractivity contribution in [3.05, 3.63) is 18.5 Å². The van der Waals surface area contributed by atoms with Gasteiger partial charge in [0.05, 0.1) is 12.6 Å². The van der Waals surface area contributed by atoms with E-state index in [1.54, 1.807) is 0 Å². The van der Waals surface area contributed by atoms with Gasteiger partial charge in [0.25, 0.3) is 0 Å². The zero-order valence-electron chi connectivity index (χ0n) is 9.59. The molecule has 3 heterocycles. The van der Waals surface area contributed by atoms with Gasteiger partial charge in [0.1, 0.15) is 0 Å². The molecule has 2 atom stereocenters. The molecule has 16 heavy (non-hydrogen) atoms. The van der Waals surface area contributed by atoms with Gasteiger partial charge in [-0.2, -0.15) is 5.10 Å². The lowest BCUT2D eigenvalue weighted by atomic mass is 10.0. The van der Waals surface area contributed by atoms with E-state index in [2.05, 4.69) is 20.9 Å². The Labute approximate surface area is 96.2 Å². The second-order valence-corrected chi connectivity index (χ2v) is 4.79. The molecule has 88 valence electrons. The molecule has 0 saturated carbocycles. The molecule has 0 spiro atoms. The lowest BCUT2D eigenvalue weighted by Gasteiger charge is -2.36. The van der Waals surface area contributed by atoms with E-state index in [4.69, 9.17) is 4.74 Å². The number of hydrogen-bond donors (Lipinski definition) is 0. The normalized spacial score (nSPS) is 32.0. The van der Waals surface area contributed by atoms with Crippen molar-refractivity contribution in [2.24, 2.45) is 0 Å². The number of hydrogen-bond acceptors (Lipinski definition) is 3. The van der Waals surface area contributed by atoms with E-state index < -0.39 is 0 Å². The molecule has 2 aliphatic rings. The van der Waals surface area contributed by atoms with E-state index in [9.17, 15) is 0 Å². The van der Waals surface area contributed by atoms with E-state index in [1.165, 1.54) is 25.8 Å². The third kappa shape index (κ3) is 1.99. The maximum atomic E-state index is 5.47. The first-order valence-electron chi connectivity index (χ1n) is 6.24. The van der Waals surface area contributed by atoms with Gasteiger partial charge in [-0.3, -0.25) is 9.58 Å². The summed E-state index contributed by atoms with van der Waals surface area (Å²) in [5.41, 5.74) is 0. The first-order valence-corrected chi connectivity index (χ1v) is 6.24. The number of aromatic nitrogens is 2. The van der Waals surface area contributed by atoms with Crippen LogP contribution >= 0.6 is 0 Å². The Morgan fingerprint density at radius 1 is 1.25 bits per heavy atom. The highest BCUT2D eigenvalue weighted by Gasteiger charge is 2.29. The minimum Gasteiger partial charge on any atom is -0.380 e. The highest BCUT2D eigenvalue weighted by Crippen LogP contribution is 2.24. The van der Waals surface area contributed by atoms with Crippen molar-refractivity contribution in [3.8, 4) is 0 Å². The van der Waals surface area contributed by atoms with Crippen molar-refractivity contribution in [2.45, 2.75) is 31.3 Å². The first-order chi connectivity index (χ1) is 7.93. The molecule has 0 radical (unpaired) electrons. The van der Waals surface area contributed by atoms with Gasteiger partial charge in [-0.15, -0.1) is 0 Å². The van der Waals surface area contributed by atoms with Crippen molar-refractivity contribution in [3.63, 3.8) is 0 Å². The molecule has 1 aromatic rings. The number of nitrogens with zero attached hydrogens (tertiary/aromatic N) is 3. The SMILES string of the molecule is c1cnn(C2CCCN(C3CCOC3)C2)c1. The molecule has 0 aromatic carbocycles. The Bertz CT molecular complexity index is 319. The first kappa shape index (κ1) is 10.3. The van der Waals surface area contributed by atoms with Crippen LogP contribution in [0.15, 0.2) is 18.5 Å². The molecule has 4 nitrogen and oxygen atoms in total. The van der Waals surface area contributed by atoms with Gasteiger partial charge in [-0.1, -0.05) is 0 Å². The van der Waals surface area contributed by atoms with Crippen molar-refractivity contribution < 1.29 is 4.74 Å². The van der Waals surface area contributed by atoms with Crippen LogP contribution in [0.3, 0.4) is 0 Å². The van der Waals surface area contributed by atoms with Gasteiger partial charge in [0.2, 0.25) is 0 Å². The zero-order chi connectivity index (χ0) is 10.8. The summed E-state index contributed by atoms with van der Waals surface area (Å²) in [7, 11) is 0. The number of likely N-dealkylation sites (tertiary alicyclic amines) is 1. The van der Waals surface area contributed by atoms with Crippen LogP contribution in [0.4, 0.5) is 0 Å². The molecule has 1 aromatic heterocycles. The van der Waals surface area contributed by atoms with Gasteiger partial charge in [-0.05, 0) is 31.9 Å². The second-order valence-electron chi connectivity index (χ2n) is 4.79. The van der Waals surface area contributed by atoms with E-state index in [-0.39, 0.29) is 0 Å². The lowest BCUT2D eigenvalue weighted by Crippen LogP contribution is -2.43. The van der Waals surface area contributed by atoms with Crippen molar-refractivity contribution in [2.75, 3.05) is 26.3 Å². The third-order valence-corrected chi connectivity index (χ3v) is 3.75. The van der Waals surface area contributed by atoms with Crippen molar-refractivity contribution >= 4 is 0 Å². The van der Waals surface area contributed by atoms with Crippen molar-refractivity contribution in [1.29, 1.82) is 0 Å². The predicted molar refractivity (Wildman–Crippen MR) is 61.3 cm³/mol. The summed E-state index contributed by atoms with van der Waals surface area (Å²) >= 11 is 0. The van der Waals surface area contributed by atoms with Crippen LogP contribution in [0.2, 0.25) is 0 Å². The fourth-order valence-electron chi connectivity index (χ4n) is 2.84. The van der Waals surface area contributed by atoms with Crippen LogP contribution in [0.5, 0.6) is 0 Å². The fourth-order valence-corrected chi connectivity index (χ4v) is 2.84. The molecular formula is C12H19N3O. The third-order valence-electron chi connectivity index (χ3n) is 3.75. The summed E-state index contributed by atoms with van der Waals surface area (Å²) in [5.74, 6) is 0. The van der Waals surface area contributed by atoms with E-state index in [1.807, 2.05) is 12.3 Å². The van der Waals surface area contributed by atoms with Gasteiger partial charge in [0, 0.05) is 31.6 Å². The maximum absolute atomic E-state index is 5.47. The molecule has 2 aliphatic heterocycles. The van der Waals surface area contributed by atoms with Crippen LogP contribution in [-0.4, -0.2) is 47.0 Å². The minimum absolute atomic E-state index is 0.560. The Morgan fingerprint density at radius 3 is 3.00 bits per heavy atom. The molecule has 0 amide bonds. The Morgan fingerprint density at radius 2 is 2.25 bits per heavy atom. The molecule has 0 bridgehead atoms. The quantitative estimate of drug-likeness (QED) is 0.754. The van der Waals surface area contributed by atoms with E-state index >= 15 is 0 Å². The summed E-state index contributed by atoms with van der Waals surface area (Å²) in [4.78, 5) is 2.59. The molecule has 2 saturated heterocycles. The molecule has 2 fully saturated rings. The van der Waals surface area contributed by atoms with E-state index in [0.29, 0.717) is 12.1 Å². The van der Waals surface area contributed by atoms with Gasteiger partial charge >= 0.3 is 0 Å². The van der Waals surface area contributed by atoms with Crippen molar-refractivity contribution in [1.82, 2.24) is 14.7 Å². The number of ether oxygens (including phenoxy) is 1. The summed E-state index contributed by atoms with van der Waals surface area (Å²) in [6, 6.07) is 3.22. The summed E-state index contributed by atoms with van der Waals surface area (Å²) in [5, 5.41) is 4.36. The highest BCUT2D eigenvalue weighted by molar-refractivity contribution is 4.87. The highest BCUT2D eigenvalue weighted by atomic mass is 16.5. The second kappa shape index (κ2) is 4.55. The van der Waals surface area contributed by atoms with Crippen LogP contribution in [-0.2, 0) is 4.74 Å². The van der Waals surface area contributed by atoms with E-state index in [0.717, 1.165) is 19.8 Å². The lowest BCUT2D eigenvalue weighted by molar-refractivity contribution is 0.102. The topological polar surface area (TPSA) is 30.3 Å². The van der Waals surface area contributed by atoms with Crippen LogP contribution in [0, 0.1) is 0 Å². The summed E-state index contributed by atoms with van der Waals surface area (Å²) in [6.07, 6.45) is 7.69. The smallest absolute Gasteiger partial charge is 0.0646 e. The van der Waals surface area contributed by atoms with Gasteiger partial charge < -0.3 is 4.74 Å². The largest absolute Gasteiger partial charge is 0.380 e. The summed E-state index contributed by atoms with van der Waals surface area (Å²) in [6.45, 7) is 4.22. The Balaban J connectivity index is 1.65. The van der Waals surface area contributed by atoms with Gasteiger partial charge in [-0.25, -0.2) is 0 Å². The molecule has 0 aliphatic carbocycles. The predicted octanol–water partition coefficient (Wildman–Crippen LogP) is 1.31. The molecule has 3 rings (SSSR count). The monoisotopic (exact) mass is 221 g/mol. The standard InChI is InChI=1S/C12H19N3O/c1-3-11(15-7-2-5-13-15)9-14(6-1)12-4-8-16-10-12/h2,5,7,11-12H,1,3-4,6,8-10H2. The van der Waals surface area contributed by atoms with Crippen LogP contribution in [0.25, 0.3) is 0 Å². The molecule has 4 heteroatoms. The Hall–Kier alpha value is -0.870. The molecular weight excluding hydrogens is 202 g/mol. The molecule has 0 N–H and O–H groups in total. The number of piperidine rings is 1. The average molecular weight is 221 g/mol. The van der Waals surface area contributed by atoms with Crippen LogP contribution in [0.1, 0.15) is 25.3 Å². The summed E-state index contributed by atoms with van der Waals surface area (Å²) < 4.78 is 7.59. The minimum atomic E-state index is 0.560. The maximum Gasteiger partial charge on any atom is 0.0646 e. The number of rotatable bonds is 2. The Kier molecular flexibility index (Phi) is 2.93. The van der Waals surface area contributed by atoms with Gasteiger partial charge in [0.15, 0.2) is 0 Å². The average Bonchev–Trinajstić information content (AvgIpc) is 3.03. The van der Waals surface area contributed by atoms with Crippen LogP contribution < -0.4 is 0 Å². The zero-order valence-corrected chi connectivity index (χ0v) is 9.59. The fraction of sp³-hybridized carbons (Fsp3) is 0.750.